The molecular formula is C13H17NO3. The topological polar surface area (TPSA) is 70.2 Å². The Morgan fingerprint density at radius 1 is 1.29 bits per heavy atom. The fourth-order valence-corrected chi connectivity index (χ4v) is 2.47. The molecule has 1 aliphatic carbocycles. The van der Waals surface area contributed by atoms with Crippen LogP contribution in [0.3, 0.4) is 0 Å². The molecule has 0 saturated heterocycles. The smallest absolute Gasteiger partial charge is 0.341 e. The number of hydrogen-bond donors (Lipinski definition) is 2. The zero-order valence-corrected chi connectivity index (χ0v) is 9.90. The average Bonchev–Trinajstić information content (AvgIpc) is 2.29. The van der Waals surface area contributed by atoms with Gasteiger partial charge in [0.15, 0.2) is 0 Å². The molecule has 0 aliphatic heterocycles. The SMILES string of the molecule is C[C@H]1CC[C@@H](c2ccc(C(=O)O)c(=O)[nH]2)CC1. The first-order chi connectivity index (χ1) is 8.08. The molecule has 1 aliphatic rings. The minimum Gasteiger partial charge on any atom is -0.477 e. The monoisotopic (exact) mass is 235 g/mol. The Morgan fingerprint density at radius 3 is 2.47 bits per heavy atom. The third-order valence-electron chi connectivity index (χ3n) is 3.62. The van der Waals surface area contributed by atoms with E-state index in [2.05, 4.69) is 11.9 Å². The van der Waals surface area contributed by atoms with Gasteiger partial charge in [0.25, 0.3) is 5.56 Å². The van der Waals surface area contributed by atoms with E-state index in [1.165, 1.54) is 18.9 Å². The number of rotatable bonds is 2. The predicted molar refractivity (Wildman–Crippen MR) is 64.4 cm³/mol. The molecule has 0 bridgehead atoms. The second-order valence-electron chi connectivity index (χ2n) is 4.92. The number of aromatic nitrogens is 1. The number of H-pyrrole nitrogens is 1. The maximum Gasteiger partial charge on any atom is 0.341 e. The van der Waals surface area contributed by atoms with Gasteiger partial charge in [0.2, 0.25) is 0 Å². The standard InChI is InChI=1S/C13H17NO3/c1-8-2-4-9(5-3-8)11-7-6-10(13(16)17)12(15)14-11/h6-9H,2-5H2,1H3,(H,14,15)(H,16,17)/t8-,9+. The van der Waals surface area contributed by atoms with Crippen LogP contribution in [0.4, 0.5) is 0 Å². The van der Waals surface area contributed by atoms with Crippen LogP contribution in [0.15, 0.2) is 16.9 Å². The highest BCUT2D eigenvalue weighted by Crippen LogP contribution is 2.34. The van der Waals surface area contributed by atoms with Gasteiger partial charge in [0.05, 0.1) is 0 Å². The molecule has 2 rings (SSSR count). The molecule has 92 valence electrons. The van der Waals surface area contributed by atoms with E-state index < -0.39 is 11.5 Å². The van der Waals surface area contributed by atoms with Gasteiger partial charge in [0.1, 0.15) is 5.56 Å². The number of carboxylic acids is 1. The van der Waals surface area contributed by atoms with Crippen LogP contribution in [0.2, 0.25) is 0 Å². The minimum absolute atomic E-state index is 0.182. The van der Waals surface area contributed by atoms with Crippen molar-refractivity contribution in [2.75, 3.05) is 0 Å². The molecule has 0 atom stereocenters. The zero-order valence-electron chi connectivity index (χ0n) is 9.90. The highest BCUT2D eigenvalue weighted by molar-refractivity contribution is 5.86. The number of nitrogens with one attached hydrogen (secondary N) is 1. The number of aromatic amines is 1. The molecule has 4 heteroatoms. The summed E-state index contributed by atoms with van der Waals surface area (Å²) in [5.74, 6) is -0.0342. The first-order valence-electron chi connectivity index (χ1n) is 6.04. The normalized spacial score (nSPS) is 24.5. The summed E-state index contributed by atoms with van der Waals surface area (Å²) in [6, 6.07) is 3.15. The fraction of sp³-hybridized carbons (Fsp3) is 0.538. The number of hydrogen-bond acceptors (Lipinski definition) is 2. The minimum atomic E-state index is -1.17. The lowest BCUT2D eigenvalue weighted by Gasteiger charge is -2.26. The van der Waals surface area contributed by atoms with Crippen LogP contribution in [-0.2, 0) is 0 Å². The number of carbonyl (C=O) groups is 1. The highest BCUT2D eigenvalue weighted by atomic mass is 16.4. The van der Waals surface area contributed by atoms with Crippen molar-refractivity contribution < 1.29 is 9.90 Å². The van der Waals surface area contributed by atoms with Gasteiger partial charge in [0, 0.05) is 5.69 Å². The van der Waals surface area contributed by atoms with Gasteiger partial charge in [-0.15, -0.1) is 0 Å². The quantitative estimate of drug-likeness (QED) is 0.826. The summed E-state index contributed by atoms with van der Waals surface area (Å²) in [6.07, 6.45) is 4.49. The van der Waals surface area contributed by atoms with Crippen molar-refractivity contribution >= 4 is 5.97 Å². The van der Waals surface area contributed by atoms with Gasteiger partial charge < -0.3 is 10.1 Å². The van der Waals surface area contributed by atoms with E-state index in [-0.39, 0.29) is 5.56 Å². The van der Waals surface area contributed by atoms with Gasteiger partial charge in [-0.3, -0.25) is 4.79 Å². The molecule has 1 fully saturated rings. The van der Waals surface area contributed by atoms with Gasteiger partial charge in [-0.05, 0) is 36.8 Å². The van der Waals surface area contributed by atoms with E-state index in [0.717, 1.165) is 24.5 Å². The summed E-state index contributed by atoms with van der Waals surface area (Å²) in [5.41, 5.74) is 0.207. The molecule has 0 spiro atoms. The summed E-state index contributed by atoms with van der Waals surface area (Å²) in [6.45, 7) is 2.24. The van der Waals surface area contributed by atoms with E-state index in [9.17, 15) is 9.59 Å². The van der Waals surface area contributed by atoms with E-state index in [4.69, 9.17) is 5.11 Å². The van der Waals surface area contributed by atoms with Crippen LogP contribution in [0.1, 0.15) is 54.6 Å². The highest BCUT2D eigenvalue weighted by Gasteiger charge is 2.21. The Balaban J connectivity index is 2.20. The van der Waals surface area contributed by atoms with Crippen molar-refractivity contribution in [1.82, 2.24) is 4.98 Å². The Bertz CT molecular complexity index is 470. The van der Waals surface area contributed by atoms with Crippen LogP contribution in [-0.4, -0.2) is 16.1 Å². The molecule has 1 saturated carbocycles. The lowest BCUT2D eigenvalue weighted by Crippen LogP contribution is -2.21. The Hall–Kier alpha value is -1.58. The fourth-order valence-electron chi connectivity index (χ4n) is 2.47. The molecule has 0 radical (unpaired) electrons. The summed E-state index contributed by atoms with van der Waals surface area (Å²) < 4.78 is 0. The van der Waals surface area contributed by atoms with E-state index in [1.54, 1.807) is 6.07 Å². The van der Waals surface area contributed by atoms with Crippen LogP contribution >= 0.6 is 0 Å². The number of carboxylic acid groups (broad SMARTS) is 1. The van der Waals surface area contributed by atoms with Crippen LogP contribution in [0.25, 0.3) is 0 Å². The zero-order chi connectivity index (χ0) is 12.4. The first kappa shape index (κ1) is 11.9. The summed E-state index contributed by atoms with van der Waals surface area (Å²) in [4.78, 5) is 25.0. The van der Waals surface area contributed by atoms with Crippen LogP contribution in [0, 0.1) is 5.92 Å². The average molecular weight is 235 g/mol. The molecule has 1 aromatic rings. The lowest BCUT2D eigenvalue weighted by molar-refractivity contribution is 0.0695. The first-order valence-corrected chi connectivity index (χ1v) is 6.04. The Morgan fingerprint density at radius 2 is 1.94 bits per heavy atom. The van der Waals surface area contributed by atoms with Crippen LogP contribution < -0.4 is 5.56 Å². The molecule has 2 N–H and O–H groups in total. The number of pyridine rings is 1. The van der Waals surface area contributed by atoms with Gasteiger partial charge in [-0.2, -0.15) is 0 Å². The van der Waals surface area contributed by atoms with Crippen molar-refractivity contribution in [2.24, 2.45) is 5.92 Å². The maximum atomic E-state index is 11.6. The lowest BCUT2D eigenvalue weighted by atomic mass is 9.81. The summed E-state index contributed by atoms with van der Waals surface area (Å²) in [7, 11) is 0. The van der Waals surface area contributed by atoms with Crippen LogP contribution in [0.5, 0.6) is 0 Å². The third kappa shape index (κ3) is 2.57. The largest absolute Gasteiger partial charge is 0.477 e. The van der Waals surface area contributed by atoms with E-state index >= 15 is 0 Å². The van der Waals surface area contributed by atoms with Gasteiger partial charge >= 0.3 is 5.97 Å². The van der Waals surface area contributed by atoms with Crippen molar-refractivity contribution in [3.63, 3.8) is 0 Å². The number of aromatic carboxylic acids is 1. The molecule has 1 aromatic heterocycles. The van der Waals surface area contributed by atoms with Crippen molar-refractivity contribution in [3.8, 4) is 0 Å². The second kappa shape index (κ2) is 4.73. The molecule has 4 nitrogen and oxygen atoms in total. The van der Waals surface area contributed by atoms with Crippen molar-refractivity contribution in [1.29, 1.82) is 0 Å². The van der Waals surface area contributed by atoms with Gasteiger partial charge in [-0.1, -0.05) is 19.8 Å². The predicted octanol–water partition coefficient (Wildman–Crippen LogP) is 2.37. The molecule has 0 aromatic carbocycles. The second-order valence-corrected chi connectivity index (χ2v) is 4.92. The maximum absolute atomic E-state index is 11.6. The van der Waals surface area contributed by atoms with E-state index in [0.29, 0.717) is 5.92 Å². The Labute approximate surface area is 99.7 Å². The third-order valence-corrected chi connectivity index (χ3v) is 3.62. The van der Waals surface area contributed by atoms with E-state index in [1.807, 2.05) is 0 Å². The molecule has 1 heterocycles. The summed E-state index contributed by atoms with van der Waals surface area (Å²) in [5, 5.41) is 8.78. The molecular weight excluding hydrogens is 218 g/mol. The van der Waals surface area contributed by atoms with Crippen molar-refractivity contribution in [3.05, 3.63) is 33.7 Å². The summed E-state index contributed by atoms with van der Waals surface area (Å²) >= 11 is 0. The van der Waals surface area contributed by atoms with Crippen molar-refractivity contribution in [2.45, 2.75) is 38.5 Å². The van der Waals surface area contributed by atoms with Gasteiger partial charge in [-0.25, -0.2) is 4.79 Å². The molecule has 0 unspecified atom stereocenters. The molecule has 17 heavy (non-hydrogen) atoms. The molecule has 0 amide bonds. The Kier molecular flexibility index (Phi) is 3.31.